The summed E-state index contributed by atoms with van der Waals surface area (Å²) in [4.78, 5) is 18.9. The first kappa shape index (κ1) is 17.8. The van der Waals surface area contributed by atoms with Gasteiger partial charge in [-0.15, -0.1) is 0 Å². The molecular formula is C19H23FN4O3. The second kappa shape index (κ2) is 7.54. The van der Waals surface area contributed by atoms with Crippen molar-refractivity contribution in [3.05, 3.63) is 41.3 Å². The Balaban J connectivity index is 1.46. The van der Waals surface area contributed by atoms with Crippen LogP contribution < -0.4 is 10.1 Å². The standard InChI is InChI=1S/C19H23FN4O3/c1-12-21-18(27-23-12)13-4-2-8-24(11-13)19(25)22-16-5-3-9-26-17-7-6-14(20)10-15(16)17/h6-7,10,13,16H,2-5,8-9,11H2,1H3,(H,22,25). The molecule has 2 atom stereocenters. The van der Waals surface area contributed by atoms with Crippen LogP contribution in [0.3, 0.4) is 0 Å². The highest BCUT2D eigenvalue weighted by atomic mass is 19.1. The minimum atomic E-state index is -0.330. The normalized spacial score (nSPS) is 22.5. The van der Waals surface area contributed by atoms with Gasteiger partial charge in [0.15, 0.2) is 5.82 Å². The van der Waals surface area contributed by atoms with Gasteiger partial charge in [-0.2, -0.15) is 4.98 Å². The zero-order chi connectivity index (χ0) is 18.8. The number of halogens is 1. The Morgan fingerprint density at radius 2 is 2.22 bits per heavy atom. The van der Waals surface area contributed by atoms with E-state index in [1.807, 2.05) is 0 Å². The minimum absolute atomic E-state index is 0.0490. The Bertz CT molecular complexity index is 825. The van der Waals surface area contributed by atoms with Crippen LogP contribution in [0.2, 0.25) is 0 Å². The van der Waals surface area contributed by atoms with Gasteiger partial charge in [0.2, 0.25) is 5.89 Å². The summed E-state index contributed by atoms with van der Waals surface area (Å²) in [5, 5.41) is 6.91. The first-order valence-electron chi connectivity index (χ1n) is 9.38. The molecule has 1 N–H and O–H groups in total. The van der Waals surface area contributed by atoms with Crippen molar-refractivity contribution in [1.82, 2.24) is 20.4 Å². The molecule has 2 aromatic rings. The lowest BCUT2D eigenvalue weighted by Crippen LogP contribution is -2.46. The van der Waals surface area contributed by atoms with Crippen LogP contribution >= 0.6 is 0 Å². The predicted octanol–water partition coefficient (Wildman–Crippen LogP) is 3.32. The summed E-state index contributed by atoms with van der Waals surface area (Å²) in [6, 6.07) is 4.04. The summed E-state index contributed by atoms with van der Waals surface area (Å²) in [5.41, 5.74) is 0.696. The number of rotatable bonds is 2. The maximum absolute atomic E-state index is 13.7. The number of benzene rings is 1. The van der Waals surface area contributed by atoms with Gasteiger partial charge in [0.05, 0.1) is 18.6 Å². The molecule has 3 heterocycles. The monoisotopic (exact) mass is 374 g/mol. The van der Waals surface area contributed by atoms with Crippen LogP contribution in [-0.4, -0.2) is 40.8 Å². The van der Waals surface area contributed by atoms with Crippen LogP contribution in [0.1, 0.15) is 54.9 Å². The second-order valence-corrected chi connectivity index (χ2v) is 7.14. The Hall–Kier alpha value is -2.64. The van der Waals surface area contributed by atoms with E-state index in [0.717, 1.165) is 19.3 Å². The van der Waals surface area contributed by atoms with E-state index in [4.69, 9.17) is 9.26 Å². The van der Waals surface area contributed by atoms with E-state index >= 15 is 0 Å². The first-order valence-corrected chi connectivity index (χ1v) is 9.38. The number of nitrogens with zero attached hydrogens (tertiary/aromatic N) is 3. The third-order valence-corrected chi connectivity index (χ3v) is 5.14. The Labute approximate surface area is 156 Å². The molecule has 0 saturated carbocycles. The maximum Gasteiger partial charge on any atom is 0.317 e. The molecule has 4 rings (SSSR count). The van der Waals surface area contributed by atoms with Crippen molar-refractivity contribution in [2.24, 2.45) is 0 Å². The molecule has 1 aromatic heterocycles. The van der Waals surface area contributed by atoms with Gasteiger partial charge in [-0.05, 0) is 50.8 Å². The maximum atomic E-state index is 13.7. The topological polar surface area (TPSA) is 80.5 Å². The van der Waals surface area contributed by atoms with Crippen LogP contribution in [0.4, 0.5) is 9.18 Å². The van der Waals surface area contributed by atoms with Gasteiger partial charge < -0.3 is 19.5 Å². The summed E-state index contributed by atoms with van der Waals surface area (Å²) in [6.07, 6.45) is 3.29. The average Bonchev–Trinajstić information content (AvgIpc) is 3.02. The number of piperidine rings is 1. The zero-order valence-electron chi connectivity index (χ0n) is 15.3. The molecule has 1 aromatic carbocycles. The van der Waals surface area contributed by atoms with Crippen LogP contribution in [0.5, 0.6) is 5.75 Å². The van der Waals surface area contributed by atoms with Crippen LogP contribution in [0.25, 0.3) is 0 Å². The van der Waals surface area contributed by atoms with Gasteiger partial charge in [-0.3, -0.25) is 0 Å². The fourth-order valence-corrected chi connectivity index (χ4v) is 3.78. The molecule has 144 valence electrons. The molecule has 0 spiro atoms. The highest BCUT2D eigenvalue weighted by molar-refractivity contribution is 5.75. The van der Waals surface area contributed by atoms with Crippen molar-refractivity contribution in [2.75, 3.05) is 19.7 Å². The Morgan fingerprint density at radius 3 is 3.04 bits per heavy atom. The van der Waals surface area contributed by atoms with Gasteiger partial charge in [-0.25, -0.2) is 9.18 Å². The van der Waals surface area contributed by atoms with Crippen molar-refractivity contribution >= 4 is 6.03 Å². The number of ether oxygens (including phenoxy) is 1. The van der Waals surface area contributed by atoms with Crippen LogP contribution in [-0.2, 0) is 0 Å². The number of likely N-dealkylation sites (tertiary alicyclic amines) is 1. The summed E-state index contributed by atoms with van der Waals surface area (Å²) < 4.78 is 24.7. The van der Waals surface area contributed by atoms with Crippen molar-refractivity contribution in [2.45, 2.75) is 44.6 Å². The van der Waals surface area contributed by atoms with Gasteiger partial charge in [0.25, 0.3) is 0 Å². The van der Waals surface area contributed by atoms with E-state index in [9.17, 15) is 9.18 Å². The molecule has 2 amide bonds. The highest BCUT2D eigenvalue weighted by Gasteiger charge is 2.30. The molecule has 27 heavy (non-hydrogen) atoms. The van der Waals surface area contributed by atoms with E-state index < -0.39 is 0 Å². The largest absolute Gasteiger partial charge is 0.493 e. The van der Waals surface area contributed by atoms with Crippen molar-refractivity contribution in [1.29, 1.82) is 0 Å². The summed E-state index contributed by atoms with van der Waals surface area (Å²) in [5.74, 6) is 1.54. The van der Waals surface area contributed by atoms with Crippen molar-refractivity contribution in [3.8, 4) is 5.75 Å². The molecule has 1 fully saturated rings. The molecule has 0 radical (unpaired) electrons. The number of hydrogen-bond acceptors (Lipinski definition) is 5. The van der Waals surface area contributed by atoms with Crippen LogP contribution in [0.15, 0.2) is 22.7 Å². The molecule has 0 aliphatic carbocycles. The molecule has 7 nitrogen and oxygen atoms in total. The average molecular weight is 374 g/mol. The predicted molar refractivity (Wildman–Crippen MR) is 95.0 cm³/mol. The number of amides is 2. The zero-order valence-corrected chi connectivity index (χ0v) is 15.3. The number of aromatic nitrogens is 2. The number of carbonyl (C=O) groups is 1. The second-order valence-electron chi connectivity index (χ2n) is 7.14. The summed E-state index contributed by atoms with van der Waals surface area (Å²) in [7, 11) is 0. The lowest BCUT2D eigenvalue weighted by molar-refractivity contribution is 0.168. The van der Waals surface area contributed by atoms with Gasteiger partial charge >= 0.3 is 6.03 Å². The van der Waals surface area contributed by atoms with Gasteiger partial charge in [0, 0.05) is 18.7 Å². The molecule has 2 aliphatic heterocycles. The number of hydrogen-bond donors (Lipinski definition) is 1. The number of nitrogens with one attached hydrogen (secondary N) is 1. The highest BCUT2D eigenvalue weighted by Crippen LogP contribution is 2.33. The third kappa shape index (κ3) is 3.89. The smallest absolute Gasteiger partial charge is 0.317 e. The first-order chi connectivity index (χ1) is 13.1. The number of fused-ring (bicyclic) bond motifs is 1. The van der Waals surface area contributed by atoms with Gasteiger partial charge in [-0.1, -0.05) is 5.16 Å². The summed E-state index contributed by atoms with van der Waals surface area (Å²) in [6.45, 7) is 3.56. The van der Waals surface area contributed by atoms with E-state index in [0.29, 0.717) is 49.1 Å². The quantitative estimate of drug-likeness (QED) is 0.872. The lowest BCUT2D eigenvalue weighted by atomic mass is 9.98. The molecule has 0 bridgehead atoms. The minimum Gasteiger partial charge on any atom is -0.493 e. The van der Waals surface area contributed by atoms with Crippen molar-refractivity contribution in [3.63, 3.8) is 0 Å². The van der Waals surface area contributed by atoms with E-state index in [-0.39, 0.29) is 23.8 Å². The number of urea groups is 1. The molecule has 1 saturated heterocycles. The SMILES string of the molecule is Cc1noc(C2CCCN(C(=O)NC3CCCOc4ccc(F)cc43)C2)n1. The van der Waals surface area contributed by atoms with Crippen molar-refractivity contribution < 1.29 is 18.4 Å². The lowest BCUT2D eigenvalue weighted by Gasteiger charge is -2.32. The van der Waals surface area contributed by atoms with Crippen LogP contribution in [0, 0.1) is 12.7 Å². The van der Waals surface area contributed by atoms with E-state index in [2.05, 4.69) is 15.5 Å². The molecule has 2 aliphatic rings. The third-order valence-electron chi connectivity index (χ3n) is 5.14. The Morgan fingerprint density at radius 1 is 1.33 bits per heavy atom. The Kier molecular flexibility index (Phi) is 4.96. The molecule has 8 heteroatoms. The molecular weight excluding hydrogens is 351 g/mol. The fourth-order valence-electron chi connectivity index (χ4n) is 3.78. The van der Waals surface area contributed by atoms with E-state index in [1.54, 1.807) is 17.9 Å². The van der Waals surface area contributed by atoms with Gasteiger partial charge in [0.1, 0.15) is 11.6 Å². The number of carbonyl (C=O) groups excluding carboxylic acids is 1. The molecule has 2 unspecified atom stereocenters. The van der Waals surface area contributed by atoms with E-state index in [1.165, 1.54) is 12.1 Å². The summed E-state index contributed by atoms with van der Waals surface area (Å²) >= 11 is 0. The fraction of sp³-hybridized carbons (Fsp3) is 0.526. The number of aryl methyl sites for hydroxylation is 1.